The SMILES string of the molecule is OC(Cc1ccc(I)cc1)c1cc(F)cc(Br)c1. The molecule has 1 atom stereocenters. The van der Waals surface area contributed by atoms with E-state index in [0.29, 0.717) is 16.5 Å². The zero-order valence-corrected chi connectivity index (χ0v) is 13.2. The van der Waals surface area contributed by atoms with Crippen LogP contribution in [-0.4, -0.2) is 5.11 Å². The summed E-state index contributed by atoms with van der Waals surface area (Å²) in [7, 11) is 0. The monoisotopic (exact) mass is 420 g/mol. The molecule has 94 valence electrons. The Morgan fingerprint density at radius 2 is 1.83 bits per heavy atom. The van der Waals surface area contributed by atoms with E-state index in [2.05, 4.69) is 38.5 Å². The Hall–Kier alpha value is -0.460. The minimum Gasteiger partial charge on any atom is -0.388 e. The van der Waals surface area contributed by atoms with E-state index in [-0.39, 0.29) is 5.82 Å². The van der Waals surface area contributed by atoms with Crippen molar-refractivity contribution in [1.29, 1.82) is 0 Å². The number of aliphatic hydroxyl groups is 1. The van der Waals surface area contributed by atoms with E-state index in [9.17, 15) is 9.50 Å². The van der Waals surface area contributed by atoms with Crippen molar-refractivity contribution in [1.82, 2.24) is 0 Å². The molecule has 1 nitrogen and oxygen atoms in total. The van der Waals surface area contributed by atoms with Gasteiger partial charge in [0.25, 0.3) is 0 Å². The molecule has 4 heteroatoms. The topological polar surface area (TPSA) is 20.2 Å². The molecule has 0 spiro atoms. The lowest BCUT2D eigenvalue weighted by atomic mass is 10.0. The van der Waals surface area contributed by atoms with Crippen LogP contribution < -0.4 is 0 Å². The van der Waals surface area contributed by atoms with Crippen LogP contribution in [-0.2, 0) is 6.42 Å². The molecule has 0 aliphatic rings. The second-order valence-electron chi connectivity index (χ2n) is 4.05. The van der Waals surface area contributed by atoms with E-state index in [1.165, 1.54) is 12.1 Å². The first-order chi connectivity index (χ1) is 8.54. The fourth-order valence-corrected chi connectivity index (χ4v) is 2.57. The minimum atomic E-state index is -0.697. The quantitative estimate of drug-likeness (QED) is 0.726. The molecule has 0 radical (unpaired) electrons. The molecule has 0 saturated heterocycles. The van der Waals surface area contributed by atoms with Crippen molar-refractivity contribution in [2.75, 3.05) is 0 Å². The molecule has 0 bridgehead atoms. The van der Waals surface area contributed by atoms with Crippen LogP contribution in [0.25, 0.3) is 0 Å². The summed E-state index contributed by atoms with van der Waals surface area (Å²) >= 11 is 5.46. The van der Waals surface area contributed by atoms with Gasteiger partial charge in [0, 0.05) is 14.5 Å². The molecule has 0 aliphatic carbocycles. The van der Waals surface area contributed by atoms with Crippen molar-refractivity contribution < 1.29 is 9.50 Å². The number of hydrogen-bond donors (Lipinski definition) is 1. The Labute approximate surface area is 127 Å². The average molecular weight is 421 g/mol. The molecule has 0 amide bonds. The molecule has 0 heterocycles. The molecule has 1 N–H and O–H groups in total. The fraction of sp³-hybridized carbons (Fsp3) is 0.143. The van der Waals surface area contributed by atoms with Crippen LogP contribution in [0.1, 0.15) is 17.2 Å². The van der Waals surface area contributed by atoms with Gasteiger partial charge in [0.15, 0.2) is 0 Å². The summed E-state index contributed by atoms with van der Waals surface area (Å²) in [6.07, 6.45) is -0.218. The maximum Gasteiger partial charge on any atom is 0.124 e. The standard InChI is InChI=1S/C14H11BrFIO/c15-11-6-10(7-12(16)8-11)14(18)5-9-1-3-13(17)4-2-9/h1-4,6-8,14,18H,5H2. The molecule has 0 aromatic heterocycles. The van der Waals surface area contributed by atoms with Gasteiger partial charge >= 0.3 is 0 Å². The number of rotatable bonds is 3. The van der Waals surface area contributed by atoms with E-state index >= 15 is 0 Å². The molecule has 2 aromatic rings. The molecular formula is C14H11BrFIO. The van der Waals surface area contributed by atoms with Crippen LogP contribution in [0.15, 0.2) is 46.9 Å². The Kier molecular flexibility index (Phi) is 4.75. The molecular weight excluding hydrogens is 410 g/mol. The van der Waals surface area contributed by atoms with Gasteiger partial charge in [-0.15, -0.1) is 0 Å². The largest absolute Gasteiger partial charge is 0.388 e. The summed E-state index contributed by atoms with van der Waals surface area (Å²) in [5.41, 5.74) is 1.61. The maximum atomic E-state index is 13.2. The lowest BCUT2D eigenvalue weighted by molar-refractivity contribution is 0.178. The Bertz CT molecular complexity index is 522. The van der Waals surface area contributed by atoms with Gasteiger partial charge in [0.1, 0.15) is 5.82 Å². The van der Waals surface area contributed by atoms with Gasteiger partial charge in [-0.1, -0.05) is 28.1 Å². The van der Waals surface area contributed by atoms with E-state index < -0.39 is 6.10 Å². The molecule has 0 saturated carbocycles. The summed E-state index contributed by atoms with van der Waals surface area (Å²) in [6.45, 7) is 0. The highest BCUT2D eigenvalue weighted by Crippen LogP contribution is 2.23. The van der Waals surface area contributed by atoms with E-state index in [4.69, 9.17) is 0 Å². The molecule has 2 aromatic carbocycles. The fourth-order valence-electron chi connectivity index (χ4n) is 1.73. The van der Waals surface area contributed by atoms with Gasteiger partial charge in [-0.3, -0.25) is 0 Å². The lowest BCUT2D eigenvalue weighted by Gasteiger charge is -2.12. The van der Waals surface area contributed by atoms with Crippen molar-refractivity contribution in [3.05, 3.63) is 67.5 Å². The third-order valence-corrected chi connectivity index (χ3v) is 3.79. The zero-order valence-electron chi connectivity index (χ0n) is 9.41. The van der Waals surface area contributed by atoms with Crippen molar-refractivity contribution in [2.45, 2.75) is 12.5 Å². The first kappa shape index (κ1) is 14.0. The number of aliphatic hydroxyl groups excluding tert-OH is 1. The average Bonchev–Trinajstić information content (AvgIpc) is 2.31. The Morgan fingerprint density at radius 3 is 2.44 bits per heavy atom. The van der Waals surface area contributed by atoms with Crippen molar-refractivity contribution >= 4 is 38.5 Å². The molecule has 1 unspecified atom stereocenters. The van der Waals surface area contributed by atoms with E-state index in [0.717, 1.165) is 9.13 Å². The first-order valence-electron chi connectivity index (χ1n) is 5.43. The highest BCUT2D eigenvalue weighted by Gasteiger charge is 2.10. The summed E-state index contributed by atoms with van der Waals surface area (Å²) in [5.74, 6) is -0.346. The summed E-state index contributed by atoms with van der Waals surface area (Å²) in [4.78, 5) is 0. The van der Waals surface area contributed by atoms with E-state index in [1.807, 2.05) is 24.3 Å². The first-order valence-corrected chi connectivity index (χ1v) is 7.30. The van der Waals surface area contributed by atoms with Crippen LogP contribution >= 0.6 is 38.5 Å². The molecule has 0 fully saturated rings. The van der Waals surface area contributed by atoms with Gasteiger partial charge in [0.2, 0.25) is 0 Å². The molecule has 0 aliphatic heterocycles. The van der Waals surface area contributed by atoms with Crippen molar-refractivity contribution in [3.8, 4) is 0 Å². The second kappa shape index (κ2) is 6.12. The molecule has 18 heavy (non-hydrogen) atoms. The van der Waals surface area contributed by atoms with E-state index in [1.54, 1.807) is 6.07 Å². The van der Waals surface area contributed by atoms with Crippen molar-refractivity contribution in [2.24, 2.45) is 0 Å². The smallest absolute Gasteiger partial charge is 0.124 e. The Balaban J connectivity index is 2.16. The number of benzene rings is 2. The van der Waals surface area contributed by atoms with Gasteiger partial charge in [-0.2, -0.15) is 0 Å². The van der Waals surface area contributed by atoms with Crippen LogP contribution in [0, 0.1) is 9.39 Å². The maximum absolute atomic E-state index is 13.2. The predicted octanol–water partition coefficient (Wildman–Crippen LogP) is 4.47. The van der Waals surface area contributed by atoms with Gasteiger partial charge < -0.3 is 5.11 Å². The summed E-state index contributed by atoms with van der Waals surface area (Å²) in [5, 5.41) is 10.1. The Morgan fingerprint density at radius 1 is 1.17 bits per heavy atom. The number of halogens is 3. The highest BCUT2D eigenvalue weighted by atomic mass is 127. The second-order valence-corrected chi connectivity index (χ2v) is 6.21. The third kappa shape index (κ3) is 3.76. The van der Waals surface area contributed by atoms with Crippen molar-refractivity contribution in [3.63, 3.8) is 0 Å². The minimum absolute atomic E-state index is 0.346. The van der Waals surface area contributed by atoms with Gasteiger partial charge in [0.05, 0.1) is 6.10 Å². The van der Waals surface area contributed by atoms with Crippen LogP contribution in [0.4, 0.5) is 4.39 Å². The van der Waals surface area contributed by atoms with Crippen LogP contribution in [0.2, 0.25) is 0 Å². The predicted molar refractivity (Wildman–Crippen MR) is 81.9 cm³/mol. The lowest BCUT2D eigenvalue weighted by Crippen LogP contribution is -2.02. The molecule has 2 rings (SSSR count). The zero-order chi connectivity index (χ0) is 13.1. The summed E-state index contributed by atoms with van der Waals surface area (Å²) in [6, 6.07) is 12.4. The van der Waals surface area contributed by atoms with Gasteiger partial charge in [-0.05, 0) is 64.0 Å². The summed E-state index contributed by atoms with van der Waals surface area (Å²) < 4.78 is 15.0. The van der Waals surface area contributed by atoms with Crippen LogP contribution in [0.5, 0.6) is 0 Å². The van der Waals surface area contributed by atoms with Crippen LogP contribution in [0.3, 0.4) is 0 Å². The highest BCUT2D eigenvalue weighted by molar-refractivity contribution is 14.1. The van der Waals surface area contributed by atoms with Gasteiger partial charge in [-0.25, -0.2) is 4.39 Å². The third-order valence-electron chi connectivity index (χ3n) is 2.61. The number of hydrogen-bond acceptors (Lipinski definition) is 1. The normalized spacial score (nSPS) is 12.4.